The Labute approximate surface area is 66.7 Å². The minimum atomic E-state index is -0.0256. The molecule has 2 N–H and O–H groups in total. The molecule has 1 rings (SSSR count). The number of hydrogen-bond acceptors (Lipinski definition) is 3. The van der Waals surface area contributed by atoms with Gasteiger partial charge in [0.2, 0.25) is 0 Å². The van der Waals surface area contributed by atoms with E-state index in [4.69, 9.17) is 5.73 Å². The second-order valence-electron chi connectivity index (χ2n) is 2.77. The molecule has 0 aliphatic heterocycles. The Balaban J connectivity index is 3.13. The van der Waals surface area contributed by atoms with Gasteiger partial charge in [0, 0.05) is 12.2 Å². The Morgan fingerprint density at radius 1 is 1.45 bits per heavy atom. The van der Waals surface area contributed by atoms with Crippen molar-refractivity contribution in [3.8, 4) is 0 Å². The highest BCUT2D eigenvalue weighted by Crippen LogP contribution is 2.09. The third-order valence-electron chi connectivity index (χ3n) is 1.54. The fourth-order valence-electron chi connectivity index (χ4n) is 0.987. The molecule has 0 unspecified atom stereocenters. The van der Waals surface area contributed by atoms with Gasteiger partial charge in [0.1, 0.15) is 0 Å². The minimum Gasteiger partial charge on any atom is -0.323 e. The molecule has 0 radical (unpaired) electrons. The molecule has 0 spiro atoms. The Hall–Kier alpha value is -0.960. The van der Waals surface area contributed by atoms with Crippen LogP contribution in [-0.2, 0) is 0 Å². The van der Waals surface area contributed by atoms with Crippen LogP contribution in [0.2, 0.25) is 0 Å². The van der Waals surface area contributed by atoms with E-state index in [1.165, 1.54) is 0 Å². The molecule has 1 aromatic rings. The third-order valence-corrected chi connectivity index (χ3v) is 1.54. The van der Waals surface area contributed by atoms with Gasteiger partial charge in [0.15, 0.2) is 0 Å². The molecule has 0 saturated heterocycles. The van der Waals surface area contributed by atoms with Crippen LogP contribution in [0, 0.1) is 13.8 Å². The van der Waals surface area contributed by atoms with Crippen LogP contribution >= 0.6 is 0 Å². The molecule has 0 aliphatic rings. The predicted octanol–water partition coefficient (Wildman–Crippen LogP) is 1.11. The van der Waals surface area contributed by atoms with E-state index in [0.717, 1.165) is 17.1 Å². The highest BCUT2D eigenvalue weighted by atomic mass is 14.8. The highest BCUT2D eigenvalue weighted by molar-refractivity contribution is 5.14. The smallest absolute Gasteiger partial charge is 0.0783 e. The first-order valence-electron chi connectivity index (χ1n) is 3.67. The maximum Gasteiger partial charge on any atom is 0.0783 e. The number of rotatable bonds is 1. The number of nitrogens with two attached hydrogens (primary N) is 1. The second-order valence-corrected chi connectivity index (χ2v) is 2.77. The lowest BCUT2D eigenvalue weighted by Gasteiger charge is -2.07. The second kappa shape index (κ2) is 2.96. The van der Waals surface area contributed by atoms with Gasteiger partial charge in [0.25, 0.3) is 0 Å². The summed E-state index contributed by atoms with van der Waals surface area (Å²) in [5.41, 5.74) is 8.42. The molecule has 0 aromatic carbocycles. The fraction of sp³-hybridized carbons (Fsp3) is 0.500. The van der Waals surface area contributed by atoms with E-state index in [-0.39, 0.29) is 6.04 Å². The summed E-state index contributed by atoms with van der Waals surface area (Å²) in [6.45, 7) is 5.75. The lowest BCUT2D eigenvalue weighted by molar-refractivity contribution is 0.752. The average Bonchev–Trinajstić information content (AvgIpc) is 1.94. The van der Waals surface area contributed by atoms with Gasteiger partial charge in [-0.15, -0.1) is 0 Å². The molecule has 0 fully saturated rings. The van der Waals surface area contributed by atoms with Gasteiger partial charge in [-0.05, 0) is 20.8 Å². The number of aryl methyl sites for hydroxylation is 2. The molecule has 0 amide bonds. The van der Waals surface area contributed by atoms with Gasteiger partial charge in [-0.25, -0.2) is 0 Å². The monoisotopic (exact) mass is 151 g/mol. The predicted molar refractivity (Wildman–Crippen MR) is 44.1 cm³/mol. The van der Waals surface area contributed by atoms with Gasteiger partial charge in [0.05, 0.1) is 17.1 Å². The first kappa shape index (κ1) is 8.14. The number of hydrogen-bond donors (Lipinski definition) is 1. The maximum absolute atomic E-state index is 5.68. The van der Waals surface area contributed by atoms with Crippen LogP contribution in [0.25, 0.3) is 0 Å². The van der Waals surface area contributed by atoms with Gasteiger partial charge in [-0.3, -0.25) is 9.97 Å². The molecule has 3 heteroatoms. The summed E-state index contributed by atoms with van der Waals surface area (Å²) in [5, 5.41) is 0. The molecular weight excluding hydrogens is 138 g/mol. The summed E-state index contributed by atoms with van der Waals surface area (Å²) in [6.07, 6.45) is 1.75. The normalized spacial score (nSPS) is 13.1. The first-order valence-corrected chi connectivity index (χ1v) is 3.67. The highest BCUT2D eigenvalue weighted by Gasteiger charge is 2.05. The van der Waals surface area contributed by atoms with Crippen LogP contribution in [0.4, 0.5) is 0 Å². The summed E-state index contributed by atoms with van der Waals surface area (Å²) in [4.78, 5) is 8.44. The molecule has 0 aliphatic carbocycles. The molecule has 3 nitrogen and oxygen atoms in total. The van der Waals surface area contributed by atoms with Gasteiger partial charge in [-0.1, -0.05) is 0 Å². The maximum atomic E-state index is 5.68. The third kappa shape index (κ3) is 1.74. The van der Waals surface area contributed by atoms with Crippen molar-refractivity contribution in [1.29, 1.82) is 0 Å². The van der Waals surface area contributed by atoms with Crippen LogP contribution in [0.5, 0.6) is 0 Å². The van der Waals surface area contributed by atoms with Gasteiger partial charge >= 0.3 is 0 Å². The quantitative estimate of drug-likeness (QED) is 0.654. The van der Waals surface area contributed by atoms with Gasteiger partial charge < -0.3 is 5.73 Å². The summed E-state index contributed by atoms with van der Waals surface area (Å²) < 4.78 is 0. The van der Waals surface area contributed by atoms with E-state index in [9.17, 15) is 0 Å². The Morgan fingerprint density at radius 2 is 2.09 bits per heavy atom. The molecule has 1 aromatic heterocycles. The average molecular weight is 151 g/mol. The lowest BCUT2D eigenvalue weighted by atomic mass is 10.2. The molecular formula is C8H13N3. The van der Waals surface area contributed by atoms with E-state index in [2.05, 4.69) is 9.97 Å². The van der Waals surface area contributed by atoms with E-state index in [1.54, 1.807) is 6.20 Å². The van der Waals surface area contributed by atoms with Crippen LogP contribution in [0.3, 0.4) is 0 Å². The van der Waals surface area contributed by atoms with Gasteiger partial charge in [-0.2, -0.15) is 0 Å². The number of aromatic nitrogens is 2. The van der Waals surface area contributed by atoms with E-state index in [0.29, 0.717) is 0 Å². The zero-order valence-electron chi connectivity index (χ0n) is 7.13. The zero-order valence-corrected chi connectivity index (χ0v) is 7.13. The first-order chi connectivity index (χ1) is 5.11. The summed E-state index contributed by atoms with van der Waals surface area (Å²) >= 11 is 0. The largest absolute Gasteiger partial charge is 0.323 e. The van der Waals surface area contributed by atoms with Crippen LogP contribution in [-0.4, -0.2) is 9.97 Å². The van der Waals surface area contributed by atoms with Crippen molar-refractivity contribution in [3.05, 3.63) is 23.3 Å². The van der Waals surface area contributed by atoms with Crippen LogP contribution in [0.1, 0.15) is 30.0 Å². The Bertz CT molecular complexity index is 256. The van der Waals surface area contributed by atoms with Crippen LogP contribution in [0.15, 0.2) is 6.20 Å². The van der Waals surface area contributed by atoms with Crippen molar-refractivity contribution in [2.24, 2.45) is 5.73 Å². The Kier molecular flexibility index (Phi) is 2.19. The minimum absolute atomic E-state index is 0.0256. The van der Waals surface area contributed by atoms with E-state index < -0.39 is 0 Å². The summed E-state index contributed by atoms with van der Waals surface area (Å²) in [5.74, 6) is 0. The van der Waals surface area contributed by atoms with Crippen molar-refractivity contribution in [3.63, 3.8) is 0 Å². The summed E-state index contributed by atoms with van der Waals surface area (Å²) in [7, 11) is 0. The summed E-state index contributed by atoms with van der Waals surface area (Å²) in [6, 6.07) is -0.0256. The molecule has 0 bridgehead atoms. The van der Waals surface area contributed by atoms with Crippen molar-refractivity contribution in [2.45, 2.75) is 26.8 Å². The molecule has 0 saturated carbocycles. The molecule has 11 heavy (non-hydrogen) atoms. The number of nitrogens with zero attached hydrogens (tertiary/aromatic N) is 2. The van der Waals surface area contributed by atoms with Crippen molar-refractivity contribution in [1.82, 2.24) is 9.97 Å². The van der Waals surface area contributed by atoms with E-state index in [1.807, 2.05) is 20.8 Å². The SMILES string of the molecule is Cc1cnc(C)c([C@@H](C)N)n1. The molecule has 1 atom stereocenters. The van der Waals surface area contributed by atoms with Crippen molar-refractivity contribution < 1.29 is 0 Å². The molecule has 1 heterocycles. The Morgan fingerprint density at radius 3 is 2.55 bits per heavy atom. The topological polar surface area (TPSA) is 51.8 Å². The lowest BCUT2D eigenvalue weighted by Crippen LogP contribution is -2.11. The molecule has 60 valence electrons. The van der Waals surface area contributed by atoms with Crippen LogP contribution < -0.4 is 5.73 Å². The van der Waals surface area contributed by atoms with E-state index >= 15 is 0 Å². The van der Waals surface area contributed by atoms with Crippen molar-refractivity contribution >= 4 is 0 Å². The fourth-order valence-corrected chi connectivity index (χ4v) is 0.987. The van der Waals surface area contributed by atoms with Crippen molar-refractivity contribution in [2.75, 3.05) is 0 Å². The standard InChI is InChI=1S/C8H13N3/c1-5-4-10-7(3)8(11-5)6(2)9/h4,6H,9H2,1-3H3/t6-/m1/s1. The zero-order chi connectivity index (χ0) is 8.43.